The number of hydrogen-bond acceptors (Lipinski definition) is 3. The van der Waals surface area contributed by atoms with E-state index in [0.29, 0.717) is 34.5 Å². The van der Waals surface area contributed by atoms with Crippen molar-refractivity contribution in [2.45, 2.75) is 6.10 Å². The van der Waals surface area contributed by atoms with E-state index in [1.165, 1.54) is 6.07 Å². The molecule has 25 heavy (non-hydrogen) atoms. The Bertz CT molecular complexity index is 772. The van der Waals surface area contributed by atoms with E-state index in [1.807, 2.05) is 0 Å². The van der Waals surface area contributed by atoms with E-state index in [1.54, 1.807) is 41.3 Å². The summed E-state index contributed by atoms with van der Waals surface area (Å²) >= 11 is 11.9. The number of morpholine rings is 1. The summed E-state index contributed by atoms with van der Waals surface area (Å²) in [5.74, 6) is -0.217. The molecule has 0 bridgehead atoms. The van der Waals surface area contributed by atoms with Crippen LogP contribution in [0.3, 0.4) is 0 Å². The molecule has 1 aliphatic heterocycles. The summed E-state index contributed by atoms with van der Waals surface area (Å²) in [5.41, 5.74) is 0.443. The number of carbonyl (C=O) groups excluding carboxylic acids is 1. The Hall–Kier alpha value is -1.82. The van der Waals surface area contributed by atoms with Crippen LogP contribution >= 0.6 is 23.2 Å². The van der Waals surface area contributed by atoms with Gasteiger partial charge >= 0.3 is 0 Å². The molecule has 1 heterocycles. The summed E-state index contributed by atoms with van der Waals surface area (Å²) in [6.07, 6.45) is -0.492. The molecule has 0 saturated carbocycles. The van der Waals surface area contributed by atoms with E-state index in [2.05, 4.69) is 0 Å². The van der Waals surface area contributed by atoms with Gasteiger partial charge in [-0.1, -0.05) is 41.4 Å². The number of benzene rings is 2. The molecule has 0 radical (unpaired) electrons. The van der Waals surface area contributed by atoms with Gasteiger partial charge in [-0.15, -0.1) is 0 Å². The van der Waals surface area contributed by atoms with E-state index >= 15 is 0 Å². The van der Waals surface area contributed by atoms with Gasteiger partial charge in [0.25, 0.3) is 5.91 Å². The van der Waals surface area contributed by atoms with Crippen LogP contribution in [0.5, 0.6) is 5.75 Å². The fourth-order valence-electron chi connectivity index (χ4n) is 2.62. The molecule has 0 aliphatic carbocycles. The minimum Gasteiger partial charge on any atom is -0.482 e. The second kappa shape index (κ2) is 8.04. The molecule has 1 atom stereocenters. The summed E-state index contributed by atoms with van der Waals surface area (Å²) in [5, 5.41) is 0.848. The van der Waals surface area contributed by atoms with Crippen molar-refractivity contribution in [3.63, 3.8) is 0 Å². The van der Waals surface area contributed by atoms with Gasteiger partial charge < -0.3 is 14.4 Å². The first-order chi connectivity index (χ1) is 12.0. The number of carbonyl (C=O) groups is 1. The maximum absolute atomic E-state index is 13.9. The molecule has 1 fully saturated rings. The Labute approximate surface area is 155 Å². The van der Waals surface area contributed by atoms with Crippen LogP contribution in [-0.4, -0.2) is 37.1 Å². The first-order valence-electron chi connectivity index (χ1n) is 7.76. The van der Waals surface area contributed by atoms with Crippen molar-refractivity contribution in [3.05, 3.63) is 63.9 Å². The molecule has 1 amide bonds. The second-order valence-electron chi connectivity index (χ2n) is 5.58. The molecular weight excluding hydrogens is 368 g/mol. The average molecular weight is 384 g/mol. The zero-order chi connectivity index (χ0) is 17.8. The predicted octanol–water partition coefficient (Wildman–Crippen LogP) is 4.11. The van der Waals surface area contributed by atoms with Crippen LogP contribution in [0.15, 0.2) is 42.5 Å². The fourth-order valence-corrected chi connectivity index (χ4v) is 2.95. The van der Waals surface area contributed by atoms with Crippen molar-refractivity contribution in [2.75, 3.05) is 26.3 Å². The Morgan fingerprint density at radius 2 is 2.08 bits per heavy atom. The Kier molecular flexibility index (Phi) is 5.78. The zero-order valence-electron chi connectivity index (χ0n) is 13.3. The van der Waals surface area contributed by atoms with Gasteiger partial charge in [0.2, 0.25) is 0 Å². The van der Waals surface area contributed by atoms with Gasteiger partial charge in [-0.3, -0.25) is 4.79 Å². The molecule has 2 aromatic rings. The topological polar surface area (TPSA) is 38.8 Å². The first kappa shape index (κ1) is 18.0. The van der Waals surface area contributed by atoms with Gasteiger partial charge in [0.15, 0.2) is 6.61 Å². The number of hydrogen-bond donors (Lipinski definition) is 0. The molecule has 0 aromatic heterocycles. The summed E-state index contributed by atoms with van der Waals surface area (Å²) < 4.78 is 25.0. The van der Waals surface area contributed by atoms with Crippen LogP contribution in [0.1, 0.15) is 11.7 Å². The summed E-state index contributed by atoms with van der Waals surface area (Å²) in [6, 6.07) is 11.2. The third kappa shape index (κ3) is 4.42. The van der Waals surface area contributed by atoms with Crippen LogP contribution in [0.4, 0.5) is 4.39 Å². The van der Waals surface area contributed by atoms with E-state index in [9.17, 15) is 9.18 Å². The highest BCUT2D eigenvalue weighted by Crippen LogP contribution is 2.28. The van der Waals surface area contributed by atoms with Crippen molar-refractivity contribution in [1.29, 1.82) is 0 Å². The van der Waals surface area contributed by atoms with Crippen LogP contribution in [0.2, 0.25) is 10.0 Å². The molecule has 1 unspecified atom stereocenters. The standard InChI is InChI=1S/C18H16Cl2FNO3/c19-12-5-6-14(20)16(9-12)25-11-18(23)22-7-8-24-17(10-22)13-3-1-2-4-15(13)21/h1-6,9,17H,7-8,10-11H2. The van der Waals surface area contributed by atoms with Gasteiger partial charge in [0.05, 0.1) is 18.2 Å². The number of ether oxygens (including phenoxy) is 2. The van der Waals surface area contributed by atoms with Crippen LogP contribution < -0.4 is 4.74 Å². The molecule has 3 rings (SSSR count). The summed E-state index contributed by atoms with van der Waals surface area (Å²) in [7, 11) is 0. The lowest BCUT2D eigenvalue weighted by Gasteiger charge is -2.33. The van der Waals surface area contributed by atoms with Gasteiger partial charge in [0, 0.05) is 23.2 Å². The highest BCUT2D eigenvalue weighted by atomic mass is 35.5. The van der Waals surface area contributed by atoms with Crippen LogP contribution in [0.25, 0.3) is 0 Å². The van der Waals surface area contributed by atoms with Gasteiger partial charge in [-0.2, -0.15) is 0 Å². The predicted molar refractivity (Wildman–Crippen MR) is 93.6 cm³/mol. The van der Waals surface area contributed by atoms with Crippen molar-refractivity contribution in [1.82, 2.24) is 4.90 Å². The monoisotopic (exact) mass is 383 g/mol. The van der Waals surface area contributed by atoms with E-state index in [0.717, 1.165) is 0 Å². The number of rotatable bonds is 4. The molecule has 4 nitrogen and oxygen atoms in total. The van der Waals surface area contributed by atoms with Crippen LogP contribution in [-0.2, 0) is 9.53 Å². The third-order valence-electron chi connectivity index (χ3n) is 3.92. The normalized spacial score (nSPS) is 17.4. The summed E-state index contributed by atoms with van der Waals surface area (Å²) in [4.78, 5) is 14.0. The minimum atomic E-state index is -0.492. The third-order valence-corrected chi connectivity index (χ3v) is 4.46. The first-order valence-corrected chi connectivity index (χ1v) is 8.52. The second-order valence-corrected chi connectivity index (χ2v) is 6.43. The number of amides is 1. The van der Waals surface area contributed by atoms with E-state index < -0.39 is 6.10 Å². The maximum Gasteiger partial charge on any atom is 0.260 e. The van der Waals surface area contributed by atoms with Gasteiger partial charge in [-0.25, -0.2) is 4.39 Å². The molecular formula is C18H16Cl2FNO3. The highest BCUT2D eigenvalue weighted by molar-refractivity contribution is 6.34. The molecule has 1 saturated heterocycles. The van der Waals surface area contributed by atoms with Crippen molar-refractivity contribution >= 4 is 29.1 Å². The Balaban J connectivity index is 1.62. The van der Waals surface area contributed by atoms with E-state index in [4.69, 9.17) is 32.7 Å². The quantitative estimate of drug-likeness (QED) is 0.797. The summed E-state index contributed by atoms with van der Waals surface area (Å²) in [6.45, 7) is 0.857. The molecule has 2 aromatic carbocycles. The molecule has 0 spiro atoms. The van der Waals surface area contributed by atoms with Gasteiger partial charge in [0.1, 0.15) is 17.7 Å². The van der Waals surface area contributed by atoms with E-state index in [-0.39, 0.29) is 24.9 Å². The van der Waals surface area contributed by atoms with Crippen LogP contribution in [0, 0.1) is 5.82 Å². The van der Waals surface area contributed by atoms with Crippen molar-refractivity contribution in [3.8, 4) is 5.75 Å². The lowest BCUT2D eigenvalue weighted by Crippen LogP contribution is -2.44. The SMILES string of the molecule is O=C(COc1cc(Cl)ccc1Cl)N1CCOC(c2ccccc2F)C1. The lowest BCUT2D eigenvalue weighted by molar-refractivity contribution is -0.141. The number of nitrogens with zero attached hydrogens (tertiary/aromatic N) is 1. The van der Waals surface area contributed by atoms with Crippen molar-refractivity contribution in [2.24, 2.45) is 0 Å². The molecule has 132 valence electrons. The Morgan fingerprint density at radius 3 is 2.88 bits per heavy atom. The largest absolute Gasteiger partial charge is 0.482 e. The molecule has 0 N–H and O–H groups in total. The fraction of sp³-hybridized carbons (Fsp3) is 0.278. The minimum absolute atomic E-state index is 0.177. The zero-order valence-corrected chi connectivity index (χ0v) is 14.8. The average Bonchev–Trinajstić information content (AvgIpc) is 2.62. The lowest BCUT2D eigenvalue weighted by atomic mass is 10.1. The van der Waals surface area contributed by atoms with Gasteiger partial charge in [-0.05, 0) is 18.2 Å². The smallest absolute Gasteiger partial charge is 0.260 e. The highest BCUT2D eigenvalue weighted by Gasteiger charge is 2.27. The Morgan fingerprint density at radius 1 is 1.28 bits per heavy atom. The number of halogens is 3. The molecule has 7 heteroatoms. The maximum atomic E-state index is 13.9. The molecule has 1 aliphatic rings. The van der Waals surface area contributed by atoms with Crippen molar-refractivity contribution < 1.29 is 18.7 Å².